The van der Waals surface area contributed by atoms with Gasteiger partial charge in [-0.3, -0.25) is 4.79 Å². The number of benzene rings is 1. The Kier molecular flexibility index (Phi) is 6.95. The second-order valence-corrected chi connectivity index (χ2v) is 5.71. The van der Waals surface area contributed by atoms with Crippen molar-refractivity contribution >= 4 is 23.4 Å². The van der Waals surface area contributed by atoms with Crippen molar-refractivity contribution in [3.8, 4) is 0 Å². The summed E-state index contributed by atoms with van der Waals surface area (Å²) in [7, 11) is 0. The number of thioether (sulfide) groups is 1. The highest BCUT2D eigenvalue weighted by Gasteiger charge is 2.16. The molecule has 0 bridgehead atoms. The van der Waals surface area contributed by atoms with Gasteiger partial charge in [-0.25, -0.2) is 0 Å². The molecule has 4 heteroatoms. The Morgan fingerprint density at radius 1 is 1.32 bits per heavy atom. The van der Waals surface area contributed by atoms with E-state index in [9.17, 15) is 4.79 Å². The molecule has 0 aliphatic carbocycles. The molecule has 2 atom stereocenters. The minimum Gasteiger partial charge on any atom is -0.325 e. The van der Waals surface area contributed by atoms with Gasteiger partial charge >= 0.3 is 0 Å². The normalized spacial score (nSPS) is 13.9. The molecule has 2 unspecified atom stereocenters. The van der Waals surface area contributed by atoms with Gasteiger partial charge in [0, 0.05) is 17.5 Å². The fourth-order valence-corrected chi connectivity index (χ4v) is 2.54. The van der Waals surface area contributed by atoms with E-state index in [1.54, 1.807) is 11.8 Å². The lowest BCUT2D eigenvalue weighted by Crippen LogP contribution is -2.44. The summed E-state index contributed by atoms with van der Waals surface area (Å²) < 4.78 is 0. The molecule has 3 nitrogen and oxygen atoms in total. The molecule has 0 saturated heterocycles. The standard InChI is InChI=1S/C15H24N2OS/c1-5-13(10-19-4)16-12(3)15(18)17-14-8-6-11(2)7-9-14/h6-9,12-13,16H,5,10H2,1-4H3,(H,17,18). The van der Waals surface area contributed by atoms with Crippen LogP contribution in [0.1, 0.15) is 25.8 Å². The maximum absolute atomic E-state index is 12.1. The maximum atomic E-state index is 12.1. The maximum Gasteiger partial charge on any atom is 0.241 e. The fourth-order valence-electron chi connectivity index (χ4n) is 1.80. The first kappa shape index (κ1) is 16.1. The third kappa shape index (κ3) is 5.66. The van der Waals surface area contributed by atoms with Crippen molar-refractivity contribution in [2.75, 3.05) is 17.3 Å². The van der Waals surface area contributed by atoms with Crippen LogP contribution in [-0.2, 0) is 4.79 Å². The zero-order chi connectivity index (χ0) is 14.3. The van der Waals surface area contributed by atoms with Gasteiger partial charge in [0.15, 0.2) is 0 Å². The van der Waals surface area contributed by atoms with Crippen molar-refractivity contribution in [1.82, 2.24) is 5.32 Å². The molecule has 0 fully saturated rings. The second-order valence-electron chi connectivity index (χ2n) is 4.80. The lowest BCUT2D eigenvalue weighted by atomic mass is 10.2. The van der Waals surface area contributed by atoms with Crippen LogP contribution in [0.25, 0.3) is 0 Å². The van der Waals surface area contributed by atoms with Gasteiger partial charge in [0.25, 0.3) is 0 Å². The highest BCUT2D eigenvalue weighted by atomic mass is 32.2. The Balaban J connectivity index is 2.50. The average Bonchev–Trinajstić information content (AvgIpc) is 2.40. The summed E-state index contributed by atoms with van der Waals surface area (Å²) in [5.41, 5.74) is 2.04. The second kappa shape index (κ2) is 8.23. The first-order chi connectivity index (χ1) is 9.06. The average molecular weight is 280 g/mol. The van der Waals surface area contributed by atoms with Gasteiger partial charge in [-0.1, -0.05) is 24.6 Å². The van der Waals surface area contributed by atoms with E-state index >= 15 is 0 Å². The predicted octanol–water partition coefficient (Wildman–Crippen LogP) is 3.05. The Morgan fingerprint density at radius 2 is 1.95 bits per heavy atom. The van der Waals surface area contributed by atoms with Gasteiger partial charge in [0.05, 0.1) is 6.04 Å². The van der Waals surface area contributed by atoms with Crippen molar-refractivity contribution in [2.45, 2.75) is 39.3 Å². The Hall–Kier alpha value is -1.00. The van der Waals surface area contributed by atoms with Crippen LogP contribution in [0.15, 0.2) is 24.3 Å². The van der Waals surface area contributed by atoms with Crippen molar-refractivity contribution in [3.05, 3.63) is 29.8 Å². The molecule has 0 aliphatic rings. The molecule has 2 N–H and O–H groups in total. The van der Waals surface area contributed by atoms with Crippen molar-refractivity contribution in [3.63, 3.8) is 0 Å². The molecule has 0 saturated carbocycles. The number of aryl methyl sites for hydroxylation is 1. The number of carbonyl (C=O) groups is 1. The molecule has 0 heterocycles. The van der Waals surface area contributed by atoms with E-state index in [0.717, 1.165) is 17.9 Å². The van der Waals surface area contributed by atoms with Crippen LogP contribution < -0.4 is 10.6 Å². The SMILES string of the molecule is CCC(CSC)NC(C)C(=O)Nc1ccc(C)cc1. The molecule has 1 amide bonds. The fraction of sp³-hybridized carbons (Fsp3) is 0.533. The molecule has 0 radical (unpaired) electrons. The lowest BCUT2D eigenvalue weighted by Gasteiger charge is -2.21. The van der Waals surface area contributed by atoms with Crippen LogP contribution in [0.4, 0.5) is 5.69 Å². The van der Waals surface area contributed by atoms with Gasteiger partial charge in [-0.2, -0.15) is 11.8 Å². The number of nitrogens with one attached hydrogen (secondary N) is 2. The highest BCUT2D eigenvalue weighted by molar-refractivity contribution is 7.98. The zero-order valence-electron chi connectivity index (χ0n) is 12.2. The highest BCUT2D eigenvalue weighted by Crippen LogP contribution is 2.09. The van der Waals surface area contributed by atoms with Crippen LogP contribution in [0.3, 0.4) is 0 Å². The van der Waals surface area contributed by atoms with Crippen LogP contribution in [0, 0.1) is 6.92 Å². The van der Waals surface area contributed by atoms with Gasteiger partial charge in [-0.05, 0) is 38.7 Å². The van der Waals surface area contributed by atoms with E-state index in [1.165, 1.54) is 5.56 Å². The smallest absolute Gasteiger partial charge is 0.241 e. The van der Waals surface area contributed by atoms with Crippen LogP contribution in [0.5, 0.6) is 0 Å². The van der Waals surface area contributed by atoms with Gasteiger partial charge in [0.1, 0.15) is 0 Å². The van der Waals surface area contributed by atoms with Crippen molar-refractivity contribution in [1.29, 1.82) is 0 Å². The number of carbonyl (C=O) groups excluding carboxylic acids is 1. The predicted molar refractivity (Wildman–Crippen MR) is 84.9 cm³/mol. The molecular formula is C15H24N2OS. The quantitative estimate of drug-likeness (QED) is 0.806. The Labute approximate surface area is 120 Å². The molecule has 0 aliphatic heterocycles. The molecule has 19 heavy (non-hydrogen) atoms. The molecule has 0 spiro atoms. The summed E-state index contributed by atoms with van der Waals surface area (Å²) >= 11 is 1.80. The summed E-state index contributed by atoms with van der Waals surface area (Å²) in [5.74, 6) is 1.04. The number of rotatable bonds is 7. The monoisotopic (exact) mass is 280 g/mol. The summed E-state index contributed by atoms with van der Waals surface area (Å²) in [6, 6.07) is 8.05. The first-order valence-electron chi connectivity index (χ1n) is 6.69. The topological polar surface area (TPSA) is 41.1 Å². The third-order valence-corrected chi connectivity index (χ3v) is 3.79. The molecular weight excluding hydrogens is 256 g/mol. The number of amides is 1. The first-order valence-corrected chi connectivity index (χ1v) is 8.08. The minimum absolute atomic E-state index is 0.0170. The van der Waals surface area contributed by atoms with Crippen LogP contribution in [0.2, 0.25) is 0 Å². The van der Waals surface area contributed by atoms with Crippen molar-refractivity contribution in [2.24, 2.45) is 0 Å². The van der Waals surface area contributed by atoms with Crippen molar-refractivity contribution < 1.29 is 4.79 Å². The van der Waals surface area contributed by atoms with E-state index in [2.05, 4.69) is 23.8 Å². The van der Waals surface area contributed by atoms with Crippen LogP contribution in [-0.4, -0.2) is 30.0 Å². The van der Waals surface area contributed by atoms with E-state index in [-0.39, 0.29) is 11.9 Å². The Morgan fingerprint density at radius 3 is 2.47 bits per heavy atom. The lowest BCUT2D eigenvalue weighted by molar-refractivity contribution is -0.117. The van der Waals surface area contributed by atoms with Gasteiger partial charge < -0.3 is 10.6 Å². The van der Waals surface area contributed by atoms with E-state index in [1.807, 2.05) is 38.1 Å². The number of hydrogen-bond donors (Lipinski definition) is 2. The van der Waals surface area contributed by atoms with Gasteiger partial charge in [-0.15, -0.1) is 0 Å². The molecule has 0 aromatic heterocycles. The third-order valence-electron chi connectivity index (χ3n) is 3.06. The summed E-state index contributed by atoms with van der Waals surface area (Å²) in [5, 5.41) is 6.30. The number of anilines is 1. The zero-order valence-corrected chi connectivity index (χ0v) is 13.0. The summed E-state index contributed by atoms with van der Waals surface area (Å²) in [4.78, 5) is 12.1. The van der Waals surface area contributed by atoms with Crippen LogP contribution >= 0.6 is 11.8 Å². The minimum atomic E-state index is -0.182. The van der Waals surface area contributed by atoms with E-state index in [0.29, 0.717) is 6.04 Å². The van der Waals surface area contributed by atoms with Gasteiger partial charge in [0.2, 0.25) is 5.91 Å². The summed E-state index contributed by atoms with van der Waals surface area (Å²) in [6.07, 6.45) is 3.12. The molecule has 106 valence electrons. The number of hydrogen-bond acceptors (Lipinski definition) is 3. The molecule has 1 rings (SSSR count). The Bertz CT molecular complexity index is 392. The summed E-state index contributed by atoms with van der Waals surface area (Å²) in [6.45, 7) is 6.08. The molecule has 1 aromatic carbocycles. The van der Waals surface area contributed by atoms with E-state index in [4.69, 9.17) is 0 Å². The van der Waals surface area contributed by atoms with E-state index < -0.39 is 0 Å². The largest absolute Gasteiger partial charge is 0.325 e. The molecule has 1 aromatic rings.